The zero-order valence-corrected chi connectivity index (χ0v) is 16.0. The Morgan fingerprint density at radius 2 is 1.76 bits per heavy atom. The van der Waals surface area contributed by atoms with Crippen LogP contribution in [0.1, 0.15) is 29.3 Å². The number of amides is 1. The number of anilines is 1. The SMILES string of the molecule is Cc1ccc(C(=O)[C@H](C)OC(=O)[C@@H]2CC(=O)N(c3ccc([N+](=O)[O-])cc3)C2)cc1. The summed E-state index contributed by atoms with van der Waals surface area (Å²) < 4.78 is 5.31. The molecule has 2 aromatic rings. The number of ether oxygens (including phenoxy) is 1. The molecule has 0 aromatic heterocycles. The van der Waals surface area contributed by atoms with Crippen LogP contribution >= 0.6 is 0 Å². The van der Waals surface area contributed by atoms with Gasteiger partial charge >= 0.3 is 5.97 Å². The molecule has 2 atom stereocenters. The van der Waals surface area contributed by atoms with Gasteiger partial charge in [0, 0.05) is 36.3 Å². The van der Waals surface area contributed by atoms with Crippen molar-refractivity contribution in [3.8, 4) is 0 Å². The van der Waals surface area contributed by atoms with Gasteiger partial charge in [0.15, 0.2) is 6.10 Å². The third-order valence-corrected chi connectivity index (χ3v) is 4.83. The molecular weight excluding hydrogens is 376 g/mol. The Kier molecular flexibility index (Phi) is 5.72. The summed E-state index contributed by atoms with van der Waals surface area (Å²) in [6, 6.07) is 12.5. The number of nitro benzene ring substituents is 1. The molecule has 1 aliphatic heterocycles. The average Bonchev–Trinajstić information content (AvgIpc) is 3.10. The van der Waals surface area contributed by atoms with Gasteiger partial charge in [-0.3, -0.25) is 24.5 Å². The van der Waals surface area contributed by atoms with E-state index in [2.05, 4.69) is 0 Å². The van der Waals surface area contributed by atoms with Gasteiger partial charge in [-0.15, -0.1) is 0 Å². The average molecular weight is 396 g/mol. The van der Waals surface area contributed by atoms with Crippen molar-refractivity contribution in [3.05, 3.63) is 69.8 Å². The zero-order chi connectivity index (χ0) is 21.1. The summed E-state index contributed by atoms with van der Waals surface area (Å²) in [6.07, 6.45) is -1.00. The summed E-state index contributed by atoms with van der Waals surface area (Å²) in [5, 5.41) is 10.8. The molecule has 0 spiro atoms. The van der Waals surface area contributed by atoms with E-state index in [1.165, 1.54) is 36.1 Å². The molecule has 2 aromatic carbocycles. The number of rotatable bonds is 6. The smallest absolute Gasteiger partial charge is 0.312 e. The van der Waals surface area contributed by atoms with Gasteiger partial charge in [0.1, 0.15) is 0 Å². The fourth-order valence-electron chi connectivity index (χ4n) is 3.15. The zero-order valence-electron chi connectivity index (χ0n) is 16.0. The normalized spacial score (nSPS) is 17.1. The van der Waals surface area contributed by atoms with Gasteiger partial charge in [-0.2, -0.15) is 0 Å². The van der Waals surface area contributed by atoms with Crippen LogP contribution in [0.4, 0.5) is 11.4 Å². The lowest BCUT2D eigenvalue weighted by Crippen LogP contribution is -2.30. The van der Waals surface area contributed by atoms with E-state index >= 15 is 0 Å². The molecule has 8 nitrogen and oxygen atoms in total. The van der Waals surface area contributed by atoms with E-state index in [4.69, 9.17) is 4.74 Å². The number of ketones is 1. The van der Waals surface area contributed by atoms with Crippen molar-refractivity contribution < 1.29 is 24.0 Å². The number of hydrogen-bond acceptors (Lipinski definition) is 6. The maximum absolute atomic E-state index is 12.5. The van der Waals surface area contributed by atoms with Crippen LogP contribution in [0, 0.1) is 23.0 Å². The van der Waals surface area contributed by atoms with Crippen molar-refractivity contribution in [2.24, 2.45) is 5.92 Å². The molecule has 0 radical (unpaired) electrons. The van der Waals surface area contributed by atoms with Gasteiger partial charge in [0.05, 0.1) is 10.8 Å². The minimum Gasteiger partial charge on any atom is -0.454 e. The van der Waals surface area contributed by atoms with Crippen LogP contribution in [0.5, 0.6) is 0 Å². The number of hydrogen-bond donors (Lipinski definition) is 0. The number of carbonyl (C=O) groups excluding carboxylic acids is 3. The van der Waals surface area contributed by atoms with E-state index in [1.54, 1.807) is 24.3 Å². The van der Waals surface area contributed by atoms with E-state index in [0.29, 0.717) is 11.3 Å². The Balaban J connectivity index is 1.63. The van der Waals surface area contributed by atoms with E-state index in [9.17, 15) is 24.5 Å². The number of nitrogens with zero attached hydrogens (tertiary/aromatic N) is 2. The fourth-order valence-corrected chi connectivity index (χ4v) is 3.15. The van der Waals surface area contributed by atoms with E-state index in [1.807, 2.05) is 6.92 Å². The van der Waals surface area contributed by atoms with Gasteiger partial charge in [-0.25, -0.2) is 0 Å². The second kappa shape index (κ2) is 8.22. The van der Waals surface area contributed by atoms with E-state index in [0.717, 1.165) is 5.56 Å². The first-order valence-electron chi connectivity index (χ1n) is 9.12. The number of non-ortho nitro benzene ring substituents is 1. The third-order valence-electron chi connectivity index (χ3n) is 4.83. The summed E-state index contributed by atoms with van der Waals surface area (Å²) in [4.78, 5) is 48.8. The van der Waals surface area contributed by atoms with Crippen LogP contribution in [0.2, 0.25) is 0 Å². The molecular formula is C21H20N2O6. The summed E-state index contributed by atoms with van der Waals surface area (Å²) in [5.74, 6) is -1.91. The Hall–Kier alpha value is -3.55. The standard InChI is InChI=1S/C21H20N2O6/c1-13-3-5-15(6-4-13)20(25)14(2)29-21(26)16-11-19(24)22(12-16)17-7-9-18(10-8-17)23(27)28/h3-10,14,16H,11-12H2,1-2H3/t14-,16+/m0/s1. The molecule has 29 heavy (non-hydrogen) atoms. The second-order valence-corrected chi connectivity index (χ2v) is 6.99. The molecule has 0 N–H and O–H groups in total. The molecule has 8 heteroatoms. The van der Waals surface area contributed by atoms with Crippen molar-refractivity contribution in [2.75, 3.05) is 11.4 Å². The van der Waals surface area contributed by atoms with Crippen molar-refractivity contribution in [1.82, 2.24) is 0 Å². The maximum Gasteiger partial charge on any atom is 0.312 e. The number of nitro groups is 1. The molecule has 0 saturated carbocycles. The first-order chi connectivity index (χ1) is 13.8. The van der Waals surface area contributed by atoms with Crippen LogP contribution < -0.4 is 4.90 Å². The molecule has 1 fully saturated rings. The number of aryl methyl sites for hydroxylation is 1. The first-order valence-corrected chi connectivity index (χ1v) is 9.12. The third kappa shape index (κ3) is 4.48. The summed E-state index contributed by atoms with van der Waals surface area (Å²) in [6.45, 7) is 3.51. The molecule has 3 rings (SSSR count). The Labute approximate surface area is 167 Å². The van der Waals surface area contributed by atoms with Crippen molar-refractivity contribution in [2.45, 2.75) is 26.4 Å². The van der Waals surface area contributed by atoms with Crippen molar-refractivity contribution in [3.63, 3.8) is 0 Å². The molecule has 150 valence electrons. The van der Waals surface area contributed by atoms with Crippen LogP contribution in [0.3, 0.4) is 0 Å². The second-order valence-electron chi connectivity index (χ2n) is 6.99. The molecule has 1 heterocycles. The van der Waals surface area contributed by atoms with Gasteiger partial charge in [-0.1, -0.05) is 29.8 Å². The first kappa shape index (κ1) is 20.2. The number of benzene rings is 2. The molecule has 0 unspecified atom stereocenters. The molecule has 0 aliphatic carbocycles. The Bertz CT molecular complexity index is 952. The molecule has 0 bridgehead atoms. The maximum atomic E-state index is 12.5. The van der Waals surface area contributed by atoms with Crippen LogP contribution in [0.25, 0.3) is 0 Å². The van der Waals surface area contributed by atoms with E-state index in [-0.39, 0.29) is 30.3 Å². The van der Waals surface area contributed by atoms with Gasteiger partial charge in [0.25, 0.3) is 5.69 Å². The van der Waals surface area contributed by atoms with Crippen LogP contribution in [-0.4, -0.2) is 35.2 Å². The quantitative estimate of drug-likeness (QED) is 0.321. The topological polar surface area (TPSA) is 107 Å². The van der Waals surface area contributed by atoms with Crippen molar-refractivity contribution in [1.29, 1.82) is 0 Å². The van der Waals surface area contributed by atoms with Gasteiger partial charge in [-0.05, 0) is 26.0 Å². The highest BCUT2D eigenvalue weighted by Crippen LogP contribution is 2.27. The summed E-state index contributed by atoms with van der Waals surface area (Å²) >= 11 is 0. The van der Waals surface area contributed by atoms with E-state index < -0.39 is 22.9 Å². The highest BCUT2D eigenvalue weighted by molar-refractivity contribution is 6.02. The Morgan fingerprint density at radius 3 is 2.34 bits per heavy atom. The van der Waals surface area contributed by atoms with Gasteiger partial charge < -0.3 is 9.64 Å². The molecule has 1 saturated heterocycles. The largest absolute Gasteiger partial charge is 0.454 e. The molecule has 1 amide bonds. The van der Waals surface area contributed by atoms with Crippen molar-refractivity contribution >= 4 is 29.0 Å². The summed E-state index contributed by atoms with van der Waals surface area (Å²) in [5.41, 5.74) is 1.85. The monoisotopic (exact) mass is 396 g/mol. The van der Waals surface area contributed by atoms with Crippen LogP contribution in [-0.2, 0) is 14.3 Å². The minimum absolute atomic E-state index is 0.0404. The predicted molar refractivity (Wildman–Crippen MR) is 105 cm³/mol. The van der Waals surface area contributed by atoms with Crippen LogP contribution in [0.15, 0.2) is 48.5 Å². The molecule has 1 aliphatic rings. The number of Topliss-reactive ketones (excluding diaryl/α,β-unsaturated/α-hetero) is 1. The lowest BCUT2D eigenvalue weighted by molar-refractivity contribution is -0.384. The highest BCUT2D eigenvalue weighted by atomic mass is 16.6. The lowest BCUT2D eigenvalue weighted by atomic mass is 10.1. The fraction of sp³-hybridized carbons (Fsp3) is 0.286. The summed E-state index contributed by atoms with van der Waals surface area (Å²) in [7, 11) is 0. The number of esters is 1. The Morgan fingerprint density at radius 1 is 1.14 bits per heavy atom. The highest BCUT2D eigenvalue weighted by Gasteiger charge is 2.37. The van der Waals surface area contributed by atoms with Gasteiger partial charge in [0.2, 0.25) is 11.7 Å². The predicted octanol–water partition coefficient (Wildman–Crippen LogP) is 3.07. The lowest BCUT2D eigenvalue weighted by Gasteiger charge is -2.17. The minimum atomic E-state index is -0.964. The number of carbonyl (C=O) groups is 3.